The molecular formula is C11H22N2O. The van der Waals surface area contributed by atoms with Gasteiger partial charge in [-0.2, -0.15) is 0 Å². The van der Waals surface area contributed by atoms with Crippen LogP contribution in [-0.2, 0) is 4.74 Å². The fourth-order valence-corrected chi connectivity index (χ4v) is 2.22. The molecule has 1 aliphatic carbocycles. The standard InChI is InChI=1S/C11H22N2O/c1-8-4-9(8)6-13-7-11-3-2-10(5-12)14-11/h8-11,13H,2-7,12H2,1H3. The van der Waals surface area contributed by atoms with Gasteiger partial charge in [0.1, 0.15) is 0 Å². The quantitative estimate of drug-likeness (QED) is 0.685. The summed E-state index contributed by atoms with van der Waals surface area (Å²) in [5.74, 6) is 1.88. The van der Waals surface area contributed by atoms with E-state index >= 15 is 0 Å². The average Bonchev–Trinajstić information content (AvgIpc) is 2.71. The highest BCUT2D eigenvalue weighted by atomic mass is 16.5. The van der Waals surface area contributed by atoms with Crippen molar-refractivity contribution < 1.29 is 4.74 Å². The molecule has 0 aromatic heterocycles. The normalized spacial score (nSPS) is 41.6. The van der Waals surface area contributed by atoms with Crippen LogP contribution in [0.25, 0.3) is 0 Å². The predicted molar refractivity (Wildman–Crippen MR) is 57.1 cm³/mol. The fraction of sp³-hybridized carbons (Fsp3) is 1.00. The van der Waals surface area contributed by atoms with Crippen molar-refractivity contribution in [3.8, 4) is 0 Å². The zero-order valence-corrected chi connectivity index (χ0v) is 9.04. The summed E-state index contributed by atoms with van der Waals surface area (Å²) < 4.78 is 5.75. The zero-order valence-electron chi connectivity index (χ0n) is 9.04. The summed E-state index contributed by atoms with van der Waals surface area (Å²) in [6.45, 7) is 5.19. The second-order valence-corrected chi connectivity index (χ2v) is 4.82. The highest BCUT2D eigenvalue weighted by Gasteiger charge is 2.32. The van der Waals surface area contributed by atoms with Crippen LogP contribution >= 0.6 is 0 Å². The lowest BCUT2D eigenvalue weighted by Gasteiger charge is -2.12. The summed E-state index contributed by atoms with van der Waals surface area (Å²) >= 11 is 0. The highest BCUT2D eigenvalue weighted by Crippen LogP contribution is 2.36. The van der Waals surface area contributed by atoms with Crippen molar-refractivity contribution in [1.29, 1.82) is 0 Å². The second-order valence-electron chi connectivity index (χ2n) is 4.82. The first-order chi connectivity index (χ1) is 6.79. The smallest absolute Gasteiger partial charge is 0.0704 e. The first-order valence-electron chi connectivity index (χ1n) is 5.86. The number of nitrogens with two attached hydrogens (primary N) is 1. The van der Waals surface area contributed by atoms with Gasteiger partial charge in [-0.25, -0.2) is 0 Å². The van der Waals surface area contributed by atoms with Crippen LogP contribution in [0.2, 0.25) is 0 Å². The highest BCUT2D eigenvalue weighted by molar-refractivity contribution is 4.85. The molecule has 4 atom stereocenters. The first kappa shape index (κ1) is 10.4. The van der Waals surface area contributed by atoms with E-state index < -0.39 is 0 Å². The number of hydrogen-bond donors (Lipinski definition) is 2. The lowest BCUT2D eigenvalue weighted by Crippen LogP contribution is -2.30. The van der Waals surface area contributed by atoms with Crippen LogP contribution < -0.4 is 11.1 Å². The maximum absolute atomic E-state index is 5.75. The Morgan fingerprint density at radius 2 is 2.00 bits per heavy atom. The summed E-state index contributed by atoms with van der Waals surface area (Å²) in [5.41, 5.74) is 5.56. The Bertz CT molecular complexity index is 186. The number of hydrogen-bond acceptors (Lipinski definition) is 3. The van der Waals surface area contributed by atoms with Crippen LogP contribution in [-0.4, -0.2) is 31.8 Å². The molecule has 2 fully saturated rings. The minimum Gasteiger partial charge on any atom is -0.372 e. The third-order valence-electron chi connectivity index (χ3n) is 3.51. The molecule has 0 spiro atoms. The molecule has 1 aliphatic heterocycles. The SMILES string of the molecule is CC1CC1CNCC1CCC(CN)O1. The Morgan fingerprint density at radius 3 is 2.57 bits per heavy atom. The largest absolute Gasteiger partial charge is 0.372 e. The van der Waals surface area contributed by atoms with Crippen molar-refractivity contribution >= 4 is 0 Å². The molecule has 1 saturated carbocycles. The molecule has 3 nitrogen and oxygen atoms in total. The molecule has 2 aliphatic rings. The van der Waals surface area contributed by atoms with Gasteiger partial charge in [0.2, 0.25) is 0 Å². The third kappa shape index (κ3) is 2.69. The molecule has 82 valence electrons. The Balaban J connectivity index is 1.53. The molecule has 14 heavy (non-hydrogen) atoms. The average molecular weight is 198 g/mol. The van der Waals surface area contributed by atoms with E-state index in [9.17, 15) is 0 Å². The van der Waals surface area contributed by atoms with Crippen LogP contribution in [0, 0.1) is 11.8 Å². The Hall–Kier alpha value is -0.120. The van der Waals surface area contributed by atoms with Gasteiger partial charge < -0.3 is 15.8 Å². The van der Waals surface area contributed by atoms with Crippen LogP contribution in [0.1, 0.15) is 26.2 Å². The van der Waals surface area contributed by atoms with Crippen molar-refractivity contribution in [1.82, 2.24) is 5.32 Å². The molecular weight excluding hydrogens is 176 g/mol. The zero-order chi connectivity index (χ0) is 9.97. The monoisotopic (exact) mass is 198 g/mol. The van der Waals surface area contributed by atoms with Gasteiger partial charge in [0.25, 0.3) is 0 Å². The summed E-state index contributed by atoms with van der Waals surface area (Å²) in [4.78, 5) is 0. The van der Waals surface area contributed by atoms with E-state index in [1.165, 1.54) is 19.4 Å². The topological polar surface area (TPSA) is 47.3 Å². The summed E-state index contributed by atoms with van der Waals surface area (Å²) in [5, 5.41) is 3.50. The molecule has 0 bridgehead atoms. The van der Waals surface area contributed by atoms with E-state index in [-0.39, 0.29) is 0 Å². The van der Waals surface area contributed by atoms with Crippen LogP contribution in [0.4, 0.5) is 0 Å². The van der Waals surface area contributed by atoms with Gasteiger partial charge in [0.05, 0.1) is 12.2 Å². The minimum absolute atomic E-state index is 0.321. The van der Waals surface area contributed by atoms with Crippen molar-refractivity contribution in [2.24, 2.45) is 17.6 Å². The lowest BCUT2D eigenvalue weighted by atomic mass is 10.2. The van der Waals surface area contributed by atoms with E-state index in [0.29, 0.717) is 18.8 Å². The summed E-state index contributed by atoms with van der Waals surface area (Å²) in [6, 6.07) is 0. The van der Waals surface area contributed by atoms with Crippen LogP contribution in [0.5, 0.6) is 0 Å². The molecule has 2 rings (SSSR count). The maximum Gasteiger partial charge on any atom is 0.0704 e. The molecule has 1 heterocycles. The van der Waals surface area contributed by atoms with Crippen molar-refractivity contribution in [3.05, 3.63) is 0 Å². The number of rotatable bonds is 5. The van der Waals surface area contributed by atoms with E-state index in [4.69, 9.17) is 10.5 Å². The van der Waals surface area contributed by atoms with Gasteiger partial charge in [-0.1, -0.05) is 6.92 Å². The van der Waals surface area contributed by atoms with E-state index in [1.807, 2.05) is 0 Å². The maximum atomic E-state index is 5.75. The predicted octanol–water partition coefficient (Wildman–Crippen LogP) is 0.738. The summed E-state index contributed by atoms with van der Waals surface area (Å²) in [7, 11) is 0. The van der Waals surface area contributed by atoms with E-state index in [0.717, 1.165) is 24.8 Å². The van der Waals surface area contributed by atoms with Crippen molar-refractivity contribution in [3.63, 3.8) is 0 Å². The Kier molecular flexibility index (Phi) is 3.42. The van der Waals surface area contributed by atoms with Crippen LogP contribution in [0.15, 0.2) is 0 Å². The first-order valence-corrected chi connectivity index (χ1v) is 5.86. The molecule has 0 radical (unpaired) electrons. The van der Waals surface area contributed by atoms with Gasteiger partial charge in [0, 0.05) is 13.1 Å². The van der Waals surface area contributed by atoms with E-state index in [2.05, 4.69) is 12.2 Å². The Morgan fingerprint density at radius 1 is 1.29 bits per heavy atom. The minimum atomic E-state index is 0.321. The van der Waals surface area contributed by atoms with Gasteiger partial charge in [-0.3, -0.25) is 0 Å². The second kappa shape index (κ2) is 4.60. The third-order valence-corrected chi connectivity index (χ3v) is 3.51. The molecule has 3 heteroatoms. The number of ether oxygens (including phenoxy) is 1. The van der Waals surface area contributed by atoms with Crippen molar-refractivity contribution in [2.45, 2.75) is 38.4 Å². The molecule has 4 unspecified atom stereocenters. The van der Waals surface area contributed by atoms with Crippen molar-refractivity contribution in [2.75, 3.05) is 19.6 Å². The number of nitrogens with one attached hydrogen (secondary N) is 1. The van der Waals surface area contributed by atoms with E-state index in [1.54, 1.807) is 0 Å². The summed E-state index contributed by atoms with van der Waals surface area (Å²) in [6.07, 6.45) is 4.46. The van der Waals surface area contributed by atoms with Gasteiger partial charge in [0.15, 0.2) is 0 Å². The van der Waals surface area contributed by atoms with Gasteiger partial charge in [-0.15, -0.1) is 0 Å². The van der Waals surface area contributed by atoms with Gasteiger partial charge in [-0.05, 0) is 37.6 Å². The molecule has 1 saturated heterocycles. The Labute approximate surface area is 86.4 Å². The van der Waals surface area contributed by atoms with Gasteiger partial charge >= 0.3 is 0 Å². The fourth-order valence-electron chi connectivity index (χ4n) is 2.22. The molecule has 0 aromatic carbocycles. The van der Waals surface area contributed by atoms with Crippen LogP contribution in [0.3, 0.4) is 0 Å². The molecule has 0 aromatic rings. The lowest BCUT2D eigenvalue weighted by molar-refractivity contribution is 0.0504. The molecule has 3 N–H and O–H groups in total. The molecule has 0 amide bonds.